The van der Waals surface area contributed by atoms with E-state index in [1.807, 2.05) is 6.07 Å². The number of carbonyl (C=O) groups is 5. The molecule has 4 rings (SSSR count). The molecule has 42 heavy (non-hydrogen) atoms. The Hall–Kier alpha value is -4.81. The zero-order chi connectivity index (χ0) is 30.2. The van der Waals surface area contributed by atoms with Crippen LogP contribution >= 0.6 is 23.4 Å². The lowest BCUT2D eigenvalue weighted by Crippen LogP contribution is -2.36. The summed E-state index contributed by atoms with van der Waals surface area (Å²) in [6, 6.07) is 17.9. The third-order valence-corrected chi connectivity index (χ3v) is 6.97. The Morgan fingerprint density at radius 1 is 0.905 bits per heavy atom. The van der Waals surface area contributed by atoms with Gasteiger partial charge in [-0.05, 0) is 65.9 Å². The van der Waals surface area contributed by atoms with Crippen molar-refractivity contribution in [3.05, 3.63) is 87.8 Å². The molecule has 0 aliphatic carbocycles. The number of esters is 1. The first-order valence-electron chi connectivity index (χ1n) is 12.3. The van der Waals surface area contributed by atoms with Gasteiger partial charge in [-0.25, -0.2) is 4.79 Å². The van der Waals surface area contributed by atoms with Crippen molar-refractivity contribution in [2.24, 2.45) is 0 Å². The van der Waals surface area contributed by atoms with Gasteiger partial charge in [-0.3, -0.25) is 24.1 Å². The van der Waals surface area contributed by atoms with Gasteiger partial charge in [0.15, 0.2) is 18.1 Å². The molecule has 216 valence electrons. The molecule has 1 aliphatic rings. The molecule has 3 aromatic rings. The molecule has 1 heterocycles. The summed E-state index contributed by atoms with van der Waals surface area (Å²) >= 11 is 6.68. The number of rotatable bonds is 10. The highest BCUT2D eigenvalue weighted by molar-refractivity contribution is 8.18. The number of benzene rings is 3. The fourth-order valence-corrected chi connectivity index (χ4v) is 4.79. The van der Waals surface area contributed by atoms with E-state index in [1.165, 1.54) is 38.5 Å². The summed E-state index contributed by atoms with van der Waals surface area (Å²) in [6.07, 6.45) is 1.49. The van der Waals surface area contributed by atoms with Crippen LogP contribution in [0.3, 0.4) is 0 Å². The minimum absolute atomic E-state index is 0.0494. The molecule has 0 unspecified atom stereocenters. The molecule has 0 radical (unpaired) electrons. The van der Waals surface area contributed by atoms with Gasteiger partial charge in [0.1, 0.15) is 6.54 Å². The zero-order valence-corrected chi connectivity index (χ0v) is 23.9. The molecule has 1 aliphatic heterocycles. The van der Waals surface area contributed by atoms with Crippen LogP contribution in [-0.4, -0.2) is 61.2 Å². The standard InChI is InChI=1S/C29H24ClN3O8S/c1-39-23-12-17(8-11-22(23)41-16-26(35)31-18-6-4-3-5-7-18)13-24-27(36)33(29(38)42-24)15-25(34)32-19-9-10-21(30)20(14-19)28(37)40-2/h3-14H,15-16H2,1-2H3,(H,31,35)(H,32,34)/b24-13-. The number of para-hydroxylation sites is 1. The monoisotopic (exact) mass is 609 g/mol. The number of ether oxygens (including phenoxy) is 3. The highest BCUT2D eigenvalue weighted by Crippen LogP contribution is 2.34. The second-order valence-corrected chi connectivity index (χ2v) is 10.0. The zero-order valence-electron chi connectivity index (χ0n) is 22.3. The molecule has 4 amide bonds. The number of hydrogen-bond acceptors (Lipinski definition) is 9. The molecular weight excluding hydrogens is 586 g/mol. The minimum atomic E-state index is -0.683. The molecule has 0 atom stereocenters. The van der Waals surface area contributed by atoms with Crippen molar-refractivity contribution < 1.29 is 38.2 Å². The summed E-state index contributed by atoms with van der Waals surface area (Å²) in [5.41, 5.74) is 1.45. The van der Waals surface area contributed by atoms with E-state index in [2.05, 4.69) is 15.4 Å². The Kier molecular flexibility index (Phi) is 9.84. The quantitative estimate of drug-likeness (QED) is 0.244. The molecule has 0 spiro atoms. The summed E-state index contributed by atoms with van der Waals surface area (Å²) in [7, 11) is 2.63. The van der Waals surface area contributed by atoms with Gasteiger partial charge in [-0.15, -0.1) is 0 Å². The molecule has 3 aromatic carbocycles. The SMILES string of the molecule is COC(=O)c1cc(NC(=O)CN2C(=O)S/C(=C\c3ccc(OCC(=O)Nc4ccccc4)c(OC)c3)C2=O)ccc1Cl. The fraction of sp³-hybridized carbons (Fsp3) is 0.138. The molecule has 11 nitrogen and oxygen atoms in total. The van der Waals surface area contributed by atoms with E-state index in [-0.39, 0.29) is 33.7 Å². The van der Waals surface area contributed by atoms with Crippen LogP contribution in [0.5, 0.6) is 11.5 Å². The Labute approximate surface area is 249 Å². The maximum absolute atomic E-state index is 12.9. The first-order valence-corrected chi connectivity index (χ1v) is 13.5. The molecule has 0 aromatic heterocycles. The van der Waals surface area contributed by atoms with Crippen molar-refractivity contribution in [2.75, 3.05) is 38.0 Å². The summed E-state index contributed by atoms with van der Waals surface area (Å²) < 4.78 is 15.6. The average Bonchev–Trinajstić information content (AvgIpc) is 3.24. The lowest BCUT2D eigenvalue weighted by atomic mass is 10.2. The first-order chi connectivity index (χ1) is 20.2. The van der Waals surface area contributed by atoms with Crippen LogP contribution in [0, 0.1) is 0 Å². The van der Waals surface area contributed by atoms with Crippen LogP contribution in [0.1, 0.15) is 15.9 Å². The molecule has 1 fully saturated rings. The number of thioether (sulfide) groups is 1. The van der Waals surface area contributed by atoms with Crippen molar-refractivity contribution in [1.82, 2.24) is 4.90 Å². The number of nitrogens with zero attached hydrogens (tertiary/aromatic N) is 1. The first kappa shape index (κ1) is 30.2. The van der Waals surface area contributed by atoms with Crippen molar-refractivity contribution in [2.45, 2.75) is 0 Å². The van der Waals surface area contributed by atoms with E-state index in [0.29, 0.717) is 34.5 Å². The molecule has 0 saturated carbocycles. The third-order valence-electron chi connectivity index (χ3n) is 5.73. The van der Waals surface area contributed by atoms with Crippen LogP contribution in [0.4, 0.5) is 16.2 Å². The maximum atomic E-state index is 12.9. The summed E-state index contributed by atoms with van der Waals surface area (Å²) in [4.78, 5) is 63.1. The van der Waals surface area contributed by atoms with Gasteiger partial charge >= 0.3 is 5.97 Å². The van der Waals surface area contributed by atoms with Gasteiger partial charge in [-0.1, -0.05) is 35.9 Å². The topological polar surface area (TPSA) is 140 Å². The minimum Gasteiger partial charge on any atom is -0.493 e. The summed E-state index contributed by atoms with van der Waals surface area (Å²) in [5.74, 6) is -1.73. The van der Waals surface area contributed by atoms with Crippen LogP contribution in [0.15, 0.2) is 71.6 Å². The van der Waals surface area contributed by atoms with Crippen molar-refractivity contribution in [3.63, 3.8) is 0 Å². The number of nitrogens with one attached hydrogen (secondary N) is 2. The summed E-state index contributed by atoms with van der Waals surface area (Å²) in [6.45, 7) is -0.801. The number of halogens is 1. The van der Waals surface area contributed by atoms with E-state index in [0.717, 1.165) is 4.90 Å². The van der Waals surface area contributed by atoms with Gasteiger partial charge in [0.05, 0.1) is 29.7 Å². The van der Waals surface area contributed by atoms with Crippen LogP contribution in [-0.2, 0) is 19.1 Å². The van der Waals surface area contributed by atoms with E-state index < -0.39 is 29.6 Å². The normalized spacial score (nSPS) is 13.6. The van der Waals surface area contributed by atoms with Gasteiger partial charge in [0.25, 0.3) is 17.1 Å². The Morgan fingerprint density at radius 2 is 1.64 bits per heavy atom. The second kappa shape index (κ2) is 13.7. The Bertz CT molecular complexity index is 1580. The van der Waals surface area contributed by atoms with Crippen LogP contribution in [0.25, 0.3) is 6.08 Å². The Balaban J connectivity index is 1.38. The molecule has 13 heteroatoms. The lowest BCUT2D eigenvalue weighted by molar-refractivity contribution is -0.127. The van der Waals surface area contributed by atoms with Gasteiger partial charge in [0, 0.05) is 11.4 Å². The van der Waals surface area contributed by atoms with Crippen molar-refractivity contribution >= 4 is 69.7 Å². The third kappa shape index (κ3) is 7.47. The highest BCUT2D eigenvalue weighted by atomic mass is 35.5. The van der Waals surface area contributed by atoms with Crippen LogP contribution in [0.2, 0.25) is 5.02 Å². The maximum Gasteiger partial charge on any atom is 0.339 e. The molecule has 0 bridgehead atoms. The van der Waals surface area contributed by atoms with Gasteiger partial charge in [0.2, 0.25) is 5.91 Å². The fourth-order valence-electron chi connectivity index (χ4n) is 3.76. The average molecular weight is 610 g/mol. The van der Waals surface area contributed by atoms with Crippen molar-refractivity contribution in [3.8, 4) is 11.5 Å². The highest BCUT2D eigenvalue weighted by Gasteiger charge is 2.36. The molecular formula is C29H24ClN3O8S. The van der Waals surface area contributed by atoms with Crippen molar-refractivity contribution in [1.29, 1.82) is 0 Å². The predicted octanol–water partition coefficient (Wildman–Crippen LogP) is 4.83. The molecule has 1 saturated heterocycles. The number of imide groups is 1. The number of hydrogen-bond donors (Lipinski definition) is 2. The van der Waals surface area contributed by atoms with E-state index in [1.54, 1.807) is 42.5 Å². The number of amides is 4. The number of methoxy groups -OCH3 is 2. The van der Waals surface area contributed by atoms with E-state index >= 15 is 0 Å². The second-order valence-electron chi connectivity index (χ2n) is 8.62. The van der Waals surface area contributed by atoms with E-state index in [4.69, 9.17) is 21.1 Å². The van der Waals surface area contributed by atoms with E-state index in [9.17, 15) is 24.0 Å². The van der Waals surface area contributed by atoms with Gasteiger partial charge < -0.3 is 24.8 Å². The summed E-state index contributed by atoms with van der Waals surface area (Å²) in [5, 5.41) is 4.77. The Morgan fingerprint density at radius 3 is 2.36 bits per heavy atom. The largest absolute Gasteiger partial charge is 0.493 e. The number of carbonyl (C=O) groups excluding carboxylic acids is 5. The predicted molar refractivity (Wildman–Crippen MR) is 158 cm³/mol. The van der Waals surface area contributed by atoms with Crippen LogP contribution < -0.4 is 20.1 Å². The number of anilines is 2. The van der Waals surface area contributed by atoms with Gasteiger partial charge in [-0.2, -0.15) is 0 Å². The lowest BCUT2D eigenvalue weighted by Gasteiger charge is -2.13. The smallest absolute Gasteiger partial charge is 0.339 e. The molecule has 2 N–H and O–H groups in total.